The Morgan fingerprint density at radius 1 is 1.40 bits per heavy atom. The SMILES string of the molecule is COc1ccc(N)c(C(=O)NC2CN3CCC2CC3)c1. The maximum atomic E-state index is 12.4. The minimum Gasteiger partial charge on any atom is -0.497 e. The minimum atomic E-state index is -0.0971. The van der Waals surface area contributed by atoms with Crippen molar-refractivity contribution in [3.05, 3.63) is 23.8 Å². The van der Waals surface area contributed by atoms with Crippen LogP contribution in [0.5, 0.6) is 5.75 Å². The molecule has 0 spiro atoms. The maximum Gasteiger partial charge on any atom is 0.253 e. The lowest BCUT2D eigenvalue weighted by atomic mass is 9.84. The van der Waals surface area contributed by atoms with Gasteiger partial charge in [-0.2, -0.15) is 0 Å². The number of hydrogen-bond acceptors (Lipinski definition) is 4. The van der Waals surface area contributed by atoms with Gasteiger partial charge in [-0.3, -0.25) is 4.79 Å². The number of hydrogen-bond donors (Lipinski definition) is 2. The first-order chi connectivity index (χ1) is 9.67. The first-order valence-corrected chi connectivity index (χ1v) is 7.14. The molecule has 3 fully saturated rings. The third kappa shape index (κ3) is 2.45. The van der Waals surface area contributed by atoms with Gasteiger partial charge in [0.1, 0.15) is 5.75 Å². The highest BCUT2D eigenvalue weighted by atomic mass is 16.5. The summed E-state index contributed by atoms with van der Waals surface area (Å²) in [5.41, 5.74) is 6.89. The van der Waals surface area contributed by atoms with Gasteiger partial charge >= 0.3 is 0 Å². The van der Waals surface area contributed by atoms with Crippen molar-refractivity contribution in [1.29, 1.82) is 0 Å². The summed E-state index contributed by atoms with van der Waals surface area (Å²) in [4.78, 5) is 14.8. The van der Waals surface area contributed by atoms with Crippen molar-refractivity contribution in [3.63, 3.8) is 0 Å². The van der Waals surface area contributed by atoms with Crippen LogP contribution in [0.4, 0.5) is 5.69 Å². The van der Waals surface area contributed by atoms with E-state index in [9.17, 15) is 4.79 Å². The molecule has 3 N–H and O–H groups in total. The Hall–Kier alpha value is -1.75. The van der Waals surface area contributed by atoms with E-state index in [-0.39, 0.29) is 11.9 Å². The molecule has 108 valence electrons. The van der Waals surface area contributed by atoms with Crippen LogP contribution in [0.2, 0.25) is 0 Å². The van der Waals surface area contributed by atoms with E-state index >= 15 is 0 Å². The highest BCUT2D eigenvalue weighted by molar-refractivity contribution is 5.99. The number of nitrogens with zero attached hydrogens (tertiary/aromatic N) is 1. The molecule has 1 amide bonds. The molecule has 20 heavy (non-hydrogen) atoms. The van der Waals surface area contributed by atoms with Gasteiger partial charge in [-0.05, 0) is 50.0 Å². The summed E-state index contributed by atoms with van der Waals surface area (Å²) < 4.78 is 5.16. The fraction of sp³-hybridized carbons (Fsp3) is 0.533. The van der Waals surface area contributed by atoms with E-state index in [1.54, 1.807) is 25.3 Å². The lowest BCUT2D eigenvalue weighted by Crippen LogP contribution is -2.57. The van der Waals surface area contributed by atoms with Gasteiger partial charge in [0.2, 0.25) is 0 Å². The number of benzene rings is 1. The molecule has 1 aromatic rings. The average molecular weight is 275 g/mol. The number of carbonyl (C=O) groups is 1. The molecule has 1 atom stereocenters. The summed E-state index contributed by atoms with van der Waals surface area (Å²) in [5, 5.41) is 3.14. The number of amides is 1. The topological polar surface area (TPSA) is 67.6 Å². The molecule has 5 nitrogen and oxygen atoms in total. The van der Waals surface area contributed by atoms with Crippen molar-refractivity contribution in [2.45, 2.75) is 18.9 Å². The highest BCUT2D eigenvalue weighted by Gasteiger charge is 2.35. The second-order valence-corrected chi connectivity index (χ2v) is 5.67. The van der Waals surface area contributed by atoms with Gasteiger partial charge in [0.05, 0.1) is 12.7 Å². The van der Waals surface area contributed by atoms with Crippen LogP contribution >= 0.6 is 0 Å². The predicted molar refractivity (Wildman–Crippen MR) is 77.8 cm³/mol. The quantitative estimate of drug-likeness (QED) is 0.811. The van der Waals surface area contributed by atoms with E-state index in [4.69, 9.17) is 10.5 Å². The number of anilines is 1. The standard InChI is InChI=1S/C15H21N3O2/c1-20-11-2-3-13(16)12(8-11)15(19)17-14-9-18-6-4-10(14)5-7-18/h2-3,8,10,14H,4-7,9,16H2,1H3,(H,17,19). The van der Waals surface area contributed by atoms with E-state index in [0.717, 1.165) is 6.54 Å². The van der Waals surface area contributed by atoms with Crippen LogP contribution in [0.15, 0.2) is 18.2 Å². The summed E-state index contributed by atoms with van der Waals surface area (Å²) in [6.45, 7) is 3.29. The highest BCUT2D eigenvalue weighted by Crippen LogP contribution is 2.28. The molecular weight excluding hydrogens is 254 g/mol. The van der Waals surface area contributed by atoms with Crippen molar-refractivity contribution < 1.29 is 9.53 Å². The van der Waals surface area contributed by atoms with Gasteiger partial charge in [0.15, 0.2) is 0 Å². The molecule has 0 saturated carbocycles. The first-order valence-electron chi connectivity index (χ1n) is 7.14. The molecule has 2 bridgehead atoms. The number of carbonyl (C=O) groups excluding carboxylic acids is 1. The molecular formula is C15H21N3O2. The Labute approximate surface area is 119 Å². The summed E-state index contributed by atoms with van der Waals surface area (Å²) in [6, 6.07) is 5.42. The van der Waals surface area contributed by atoms with E-state index in [2.05, 4.69) is 10.2 Å². The van der Waals surface area contributed by atoms with Gasteiger partial charge < -0.3 is 20.7 Å². The maximum absolute atomic E-state index is 12.4. The number of methoxy groups -OCH3 is 1. The van der Waals surface area contributed by atoms with E-state index in [0.29, 0.717) is 22.9 Å². The zero-order valence-electron chi connectivity index (χ0n) is 11.8. The third-order valence-electron chi connectivity index (χ3n) is 4.48. The molecule has 5 heteroatoms. The summed E-state index contributed by atoms with van der Waals surface area (Å²) in [5.74, 6) is 1.16. The smallest absolute Gasteiger partial charge is 0.253 e. The van der Waals surface area contributed by atoms with Crippen LogP contribution in [-0.2, 0) is 0 Å². The monoisotopic (exact) mass is 275 g/mol. The molecule has 1 aromatic carbocycles. The Bertz CT molecular complexity index is 510. The molecule has 3 heterocycles. The molecule has 0 radical (unpaired) electrons. The largest absolute Gasteiger partial charge is 0.497 e. The Morgan fingerprint density at radius 2 is 2.15 bits per heavy atom. The molecule has 1 unspecified atom stereocenters. The van der Waals surface area contributed by atoms with Crippen molar-refractivity contribution in [3.8, 4) is 5.75 Å². The number of nitrogens with two attached hydrogens (primary N) is 1. The van der Waals surface area contributed by atoms with Crippen LogP contribution in [0, 0.1) is 5.92 Å². The average Bonchev–Trinajstić information content (AvgIpc) is 2.49. The van der Waals surface area contributed by atoms with Gasteiger partial charge in [-0.1, -0.05) is 0 Å². The predicted octanol–water partition coefficient (Wildman–Crippen LogP) is 1.10. The minimum absolute atomic E-state index is 0.0971. The molecule has 3 aliphatic rings. The number of fused-ring (bicyclic) bond motifs is 3. The van der Waals surface area contributed by atoms with Crippen LogP contribution < -0.4 is 15.8 Å². The second-order valence-electron chi connectivity index (χ2n) is 5.67. The van der Waals surface area contributed by atoms with E-state index in [1.807, 2.05) is 0 Å². The molecule has 0 aliphatic carbocycles. The Balaban J connectivity index is 1.73. The van der Waals surface area contributed by atoms with E-state index in [1.165, 1.54) is 25.9 Å². The zero-order valence-corrected chi connectivity index (χ0v) is 11.8. The number of nitrogen functional groups attached to an aromatic ring is 1. The molecule has 4 rings (SSSR count). The number of piperidine rings is 3. The molecule has 3 aliphatic heterocycles. The van der Waals surface area contributed by atoms with Gasteiger partial charge in [-0.15, -0.1) is 0 Å². The van der Waals surface area contributed by atoms with Crippen LogP contribution in [-0.4, -0.2) is 43.6 Å². The fourth-order valence-corrected chi connectivity index (χ4v) is 3.23. The van der Waals surface area contributed by atoms with Crippen LogP contribution in [0.3, 0.4) is 0 Å². The summed E-state index contributed by atoms with van der Waals surface area (Å²) in [6.07, 6.45) is 2.36. The lowest BCUT2D eigenvalue weighted by molar-refractivity contribution is 0.0621. The van der Waals surface area contributed by atoms with E-state index < -0.39 is 0 Å². The molecule has 3 saturated heterocycles. The summed E-state index contributed by atoms with van der Waals surface area (Å²) >= 11 is 0. The Morgan fingerprint density at radius 3 is 2.75 bits per heavy atom. The summed E-state index contributed by atoms with van der Waals surface area (Å²) in [7, 11) is 1.58. The van der Waals surface area contributed by atoms with Gasteiger partial charge in [0, 0.05) is 18.3 Å². The fourth-order valence-electron chi connectivity index (χ4n) is 3.23. The first kappa shape index (κ1) is 13.2. The normalized spacial score (nSPS) is 28.1. The Kier molecular flexibility index (Phi) is 3.53. The number of ether oxygens (including phenoxy) is 1. The second kappa shape index (κ2) is 5.32. The van der Waals surface area contributed by atoms with Crippen LogP contribution in [0.1, 0.15) is 23.2 Å². The van der Waals surface area contributed by atoms with Crippen LogP contribution in [0.25, 0.3) is 0 Å². The van der Waals surface area contributed by atoms with Gasteiger partial charge in [-0.25, -0.2) is 0 Å². The molecule has 0 aromatic heterocycles. The zero-order chi connectivity index (χ0) is 14.1. The van der Waals surface area contributed by atoms with Crippen molar-refractivity contribution in [2.24, 2.45) is 5.92 Å². The lowest BCUT2D eigenvalue weighted by Gasteiger charge is -2.44. The van der Waals surface area contributed by atoms with Crippen molar-refractivity contribution >= 4 is 11.6 Å². The van der Waals surface area contributed by atoms with Gasteiger partial charge in [0.25, 0.3) is 5.91 Å². The number of nitrogens with one attached hydrogen (secondary N) is 1. The number of rotatable bonds is 3. The van der Waals surface area contributed by atoms with Crippen molar-refractivity contribution in [1.82, 2.24) is 10.2 Å². The van der Waals surface area contributed by atoms with Crippen molar-refractivity contribution in [2.75, 3.05) is 32.5 Å². The third-order valence-corrected chi connectivity index (χ3v) is 4.48.